The maximum Gasteiger partial charge on any atom is 0.238 e. The average Bonchev–Trinajstić information content (AvgIpc) is 3.92. The van der Waals surface area contributed by atoms with Crippen molar-refractivity contribution < 1.29 is 0 Å². The summed E-state index contributed by atoms with van der Waals surface area (Å²) in [6.45, 7) is 6.32. The lowest BCUT2D eigenvalue weighted by Crippen LogP contribution is -2.08. The summed E-state index contributed by atoms with van der Waals surface area (Å²) in [6, 6.07) is 50.0. The molecule has 10 aromatic rings. The molecule has 4 heterocycles. The Hall–Kier alpha value is -6.96. The third-order valence-corrected chi connectivity index (χ3v) is 11.1. The number of nitrogens with zero attached hydrogens (tertiary/aromatic N) is 6. The first kappa shape index (κ1) is 31.7. The van der Waals surface area contributed by atoms with E-state index in [1.165, 1.54) is 0 Å². The number of hydrogen-bond acceptors (Lipinski definition) is 5. The number of rotatable bonds is 7. The van der Waals surface area contributed by atoms with E-state index in [1.807, 2.05) is 85.8 Å². The average molecular weight is 713 g/mol. The molecule has 0 spiro atoms. The maximum atomic E-state index is 5.41. The lowest BCUT2D eigenvalue weighted by molar-refractivity contribution is 0.928. The van der Waals surface area contributed by atoms with Gasteiger partial charge in [-0.25, -0.2) is 9.97 Å². The normalized spacial score (nSPS) is 11.8. The predicted octanol–water partition coefficient (Wildman–Crippen LogP) is 12.2. The number of fused-ring (bicyclic) bond motifs is 7. The second-order valence-corrected chi connectivity index (χ2v) is 14.1. The van der Waals surface area contributed by atoms with Crippen molar-refractivity contribution in [3.05, 3.63) is 170 Å². The summed E-state index contributed by atoms with van der Waals surface area (Å²) in [5, 5.41) is 3.39. The van der Waals surface area contributed by atoms with Gasteiger partial charge in [0.15, 0.2) is 11.6 Å². The molecule has 0 radical (unpaired) electrons. The molecular weight excluding hydrogens is 681 g/mol. The van der Waals surface area contributed by atoms with E-state index in [4.69, 9.17) is 19.9 Å². The number of imidazole rings is 1. The second-order valence-electron chi connectivity index (χ2n) is 13.1. The molecule has 256 valence electrons. The summed E-state index contributed by atoms with van der Waals surface area (Å²) in [4.78, 5) is 20.8. The quantitative estimate of drug-likeness (QED) is 0.165. The molecule has 0 aliphatic rings. The molecule has 0 aliphatic carbocycles. The highest BCUT2D eigenvalue weighted by Gasteiger charge is 2.24. The van der Waals surface area contributed by atoms with Crippen LogP contribution in [0.2, 0.25) is 0 Å². The summed E-state index contributed by atoms with van der Waals surface area (Å²) in [6.07, 6.45) is 6.12. The zero-order valence-corrected chi connectivity index (χ0v) is 30.2. The fraction of sp³-hybridized carbons (Fsp3) is 0.0213. The number of hydrogen-bond donors (Lipinski definition) is 0. The Morgan fingerprint density at radius 3 is 1.72 bits per heavy atom. The molecule has 7 heteroatoms. The molecule has 0 N–H and O–H groups in total. The Balaban J connectivity index is 1.31. The van der Waals surface area contributed by atoms with Crippen molar-refractivity contribution in [3.8, 4) is 45.8 Å². The van der Waals surface area contributed by atoms with Crippen LogP contribution in [0.1, 0.15) is 18.2 Å². The molecule has 0 saturated carbocycles. The lowest BCUT2D eigenvalue weighted by atomic mass is 10.1. The highest BCUT2D eigenvalue weighted by Crippen LogP contribution is 2.45. The van der Waals surface area contributed by atoms with Crippen molar-refractivity contribution >= 4 is 65.6 Å². The molecular formula is C47H32N6S. The topological polar surface area (TPSA) is 61.4 Å². The number of thiophene rings is 1. The van der Waals surface area contributed by atoms with Crippen LogP contribution in [0.4, 0.5) is 0 Å². The van der Waals surface area contributed by atoms with Crippen molar-refractivity contribution in [2.45, 2.75) is 6.92 Å². The van der Waals surface area contributed by atoms with Crippen LogP contribution in [0, 0.1) is 0 Å². The Labute approximate surface area is 315 Å². The largest absolute Gasteiger partial charge is 0.292 e. The molecule has 6 aromatic carbocycles. The van der Waals surface area contributed by atoms with E-state index >= 15 is 0 Å². The lowest BCUT2D eigenvalue weighted by Gasteiger charge is -2.12. The first-order valence-corrected chi connectivity index (χ1v) is 18.7. The third-order valence-electron chi connectivity index (χ3n) is 9.90. The number of para-hydroxylation sites is 1. The monoisotopic (exact) mass is 712 g/mol. The Morgan fingerprint density at radius 1 is 0.556 bits per heavy atom. The van der Waals surface area contributed by atoms with E-state index in [2.05, 4.69) is 101 Å². The Bertz CT molecular complexity index is 2990. The van der Waals surface area contributed by atoms with Crippen molar-refractivity contribution in [1.29, 1.82) is 0 Å². The van der Waals surface area contributed by atoms with Gasteiger partial charge in [-0.05, 0) is 31.2 Å². The molecule has 0 amide bonds. The maximum absolute atomic E-state index is 5.41. The zero-order valence-electron chi connectivity index (χ0n) is 29.4. The van der Waals surface area contributed by atoms with Crippen molar-refractivity contribution in [1.82, 2.24) is 29.1 Å². The molecule has 6 nitrogen and oxygen atoms in total. The van der Waals surface area contributed by atoms with Crippen LogP contribution in [-0.2, 0) is 0 Å². The van der Waals surface area contributed by atoms with E-state index in [1.54, 1.807) is 11.3 Å². The summed E-state index contributed by atoms with van der Waals surface area (Å²) in [5.74, 6) is 2.67. The smallest absolute Gasteiger partial charge is 0.238 e. The number of allylic oxidation sites excluding steroid dienone is 1. The van der Waals surface area contributed by atoms with Crippen LogP contribution in [0.5, 0.6) is 0 Å². The number of benzene rings is 6. The van der Waals surface area contributed by atoms with Gasteiger partial charge in [-0.2, -0.15) is 9.97 Å². The molecule has 0 unspecified atom stereocenters. The summed E-state index contributed by atoms with van der Waals surface area (Å²) in [5.41, 5.74) is 9.01. The minimum absolute atomic E-state index is 0.545. The van der Waals surface area contributed by atoms with Gasteiger partial charge in [0.25, 0.3) is 0 Å². The van der Waals surface area contributed by atoms with Gasteiger partial charge >= 0.3 is 0 Å². The van der Waals surface area contributed by atoms with Crippen LogP contribution in [0.3, 0.4) is 0 Å². The minimum atomic E-state index is 0.545. The summed E-state index contributed by atoms with van der Waals surface area (Å²) in [7, 11) is 0. The molecule has 0 fully saturated rings. The fourth-order valence-corrected chi connectivity index (χ4v) is 8.83. The Morgan fingerprint density at radius 2 is 1.11 bits per heavy atom. The number of aromatic nitrogens is 6. The summed E-state index contributed by atoms with van der Waals surface area (Å²) < 4.78 is 6.73. The Kier molecular flexibility index (Phi) is 7.59. The summed E-state index contributed by atoms with van der Waals surface area (Å²) >= 11 is 1.77. The standard InChI is InChI=1S/C47H32N6S/c1-3-17-38-34(4-2)35-26-27-37-36-28-29-39-40(48-46(32-22-13-7-14-23-32)52(39)33-24-15-8-16-25-33)42(36)54-43(37)41(35)53(38)47-50-44(30-18-9-5-10-19-30)49-45(51-47)31-20-11-6-12-21-31/h3-29H,2H2,1H3/b17-3-. The van der Waals surface area contributed by atoms with Crippen molar-refractivity contribution in [3.63, 3.8) is 0 Å². The van der Waals surface area contributed by atoms with Crippen LogP contribution >= 0.6 is 11.3 Å². The van der Waals surface area contributed by atoms with Gasteiger partial charge in [-0.15, -0.1) is 11.3 Å². The van der Waals surface area contributed by atoms with Gasteiger partial charge < -0.3 is 0 Å². The highest BCUT2D eigenvalue weighted by molar-refractivity contribution is 7.27. The molecule has 10 rings (SSSR count). The van der Waals surface area contributed by atoms with Crippen LogP contribution in [-0.4, -0.2) is 29.1 Å². The van der Waals surface area contributed by atoms with Crippen molar-refractivity contribution in [2.75, 3.05) is 0 Å². The van der Waals surface area contributed by atoms with Gasteiger partial charge in [0.2, 0.25) is 5.95 Å². The SMILES string of the molecule is C=Cc1c(/C=C\C)n(-c2nc(-c3ccccc3)nc(-c3ccccc3)n2)c2c1ccc1c3ccc4c(nc(-c5ccccc5)n4-c4ccccc4)c3sc12. The van der Waals surface area contributed by atoms with Gasteiger partial charge in [0.1, 0.15) is 11.3 Å². The van der Waals surface area contributed by atoms with E-state index in [0.717, 1.165) is 81.6 Å². The van der Waals surface area contributed by atoms with Gasteiger partial charge in [0, 0.05) is 44.1 Å². The molecule has 0 bridgehead atoms. The van der Waals surface area contributed by atoms with E-state index in [-0.39, 0.29) is 0 Å². The van der Waals surface area contributed by atoms with Crippen LogP contribution in [0.15, 0.2) is 158 Å². The van der Waals surface area contributed by atoms with E-state index in [9.17, 15) is 0 Å². The van der Waals surface area contributed by atoms with E-state index < -0.39 is 0 Å². The molecule has 0 aliphatic heterocycles. The first-order chi connectivity index (χ1) is 26.7. The van der Waals surface area contributed by atoms with Gasteiger partial charge in [-0.1, -0.05) is 146 Å². The van der Waals surface area contributed by atoms with Crippen molar-refractivity contribution in [2.24, 2.45) is 0 Å². The second kappa shape index (κ2) is 12.9. The zero-order chi connectivity index (χ0) is 36.2. The fourth-order valence-electron chi connectivity index (χ4n) is 7.50. The predicted molar refractivity (Wildman–Crippen MR) is 225 cm³/mol. The molecule has 54 heavy (non-hydrogen) atoms. The molecule has 4 aromatic heterocycles. The molecule has 0 saturated heterocycles. The van der Waals surface area contributed by atoms with E-state index in [0.29, 0.717) is 17.6 Å². The third kappa shape index (κ3) is 5.01. The molecule has 0 atom stereocenters. The van der Waals surface area contributed by atoms with Crippen LogP contribution < -0.4 is 0 Å². The van der Waals surface area contributed by atoms with Gasteiger partial charge in [0.05, 0.1) is 26.1 Å². The van der Waals surface area contributed by atoms with Gasteiger partial charge in [-0.3, -0.25) is 9.13 Å². The first-order valence-electron chi connectivity index (χ1n) is 17.9. The highest BCUT2D eigenvalue weighted by atomic mass is 32.1. The minimum Gasteiger partial charge on any atom is -0.292 e. The van der Waals surface area contributed by atoms with Crippen LogP contribution in [0.25, 0.3) is 100 Å².